The van der Waals surface area contributed by atoms with Crippen molar-refractivity contribution in [3.05, 3.63) is 59.7 Å². The van der Waals surface area contributed by atoms with Gasteiger partial charge in [0, 0.05) is 31.2 Å². The maximum absolute atomic E-state index is 12.8. The first-order valence-corrected chi connectivity index (χ1v) is 13.4. The number of piperidine rings is 1. The Kier molecular flexibility index (Phi) is 7.68. The first-order chi connectivity index (χ1) is 16.4. The zero-order valence-corrected chi connectivity index (χ0v) is 20.4. The van der Waals surface area contributed by atoms with Gasteiger partial charge in [0.15, 0.2) is 6.61 Å². The average molecular weight is 485 g/mol. The molecule has 1 fully saturated rings. The number of rotatable bonds is 7. The minimum atomic E-state index is -3.47. The molecule has 2 aromatic rings. The Morgan fingerprint density at radius 3 is 2.44 bits per heavy atom. The number of fused-ring (bicyclic) bond motifs is 1. The zero-order chi connectivity index (χ0) is 24.1. The number of carbonyl (C=O) groups excluding carboxylic acids is 2. The average Bonchev–Trinajstić information content (AvgIpc) is 2.86. The van der Waals surface area contributed by atoms with Gasteiger partial charge in [-0.25, -0.2) is 8.42 Å². The Bertz CT molecular complexity index is 1120. The van der Waals surface area contributed by atoms with E-state index in [2.05, 4.69) is 0 Å². The Labute approximate surface area is 201 Å². The molecule has 1 amide bonds. The van der Waals surface area contributed by atoms with Crippen LogP contribution in [0.3, 0.4) is 0 Å². The summed E-state index contributed by atoms with van der Waals surface area (Å²) in [7, 11) is -3.47. The molecule has 0 bridgehead atoms. The van der Waals surface area contributed by atoms with Crippen molar-refractivity contribution in [1.29, 1.82) is 0 Å². The van der Waals surface area contributed by atoms with Crippen LogP contribution in [0.15, 0.2) is 53.4 Å². The minimum absolute atomic E-state index is 0.0563. The number of carbonyl (C=O) groups is 2. The lowest BCUT2D eigenvalue weighted by Crippen LogP contribution is -2.44. The van der Waals surface area contributed by atoms with E-state index in [9.17, 15) is 18.0 Å². The maximum Gasteiger partial charge on any atom is 0.306 e. The molecule has 0 aliphatic carbocycles. The van der Waals surface area contributed by atoms with Crippen LogP contribution in [0.2, 0.25) is 0 Å². The molecule has 1 unspecified atom stereocenters. The van der Waals surface area contributed by atoms with Gasteiger partial charge < -0.3 is 9.64 Å². The molecule has 0 spiro atoms. The number of hydrogen-bond donors (Lipinski definition) is 0. The molecule has 2 heterocycles. The molecule has 2 aliphatic rings. The van der Waals surface area contributed by atoms with Crippen LogP contribution >= 0.6 is 0 Å². The van der Waals surface area contributed by atoms with Crippen molar-refractivity contribution in [2.75, 3.05) is 24.6 Å². The SMILES string of the molecule is CC1CCc2ccccc2N1C(=O)COC(=O)CCc1ccc(S(=O)(=O)N2CCCCC2)cc1. The predicted octanol–water partition coefficient (Wildman–Crippen LogP) is 3.70. The Balaban J connectivity index is 1.28. The second kappa shape index (κ2) is 10.7. The van der Waals surface area contributed by atoms with Crippen molar-refractivity contribution in [3.8, 4) is 0 Å². The smallest absolute Gasteiger partial charge is 0.306 e. The normalized spacial score (nSPS) is 18.9. The van der Waals surface area contributed by atoms with Crippen LogP contribution in [0, 0.1) is 0 Å². The van der Waals surface area contributed by atoms with Crippen molar-refractivity contribution in [1.82, 2.24) is 4.31 Å². The Morgan fingerprint density at radius 1 is 1.00 bits per heavy atom. The molecule has 7 nitrogen and oxygen atoms in total. The lowest BCUT2D eigenvalue weighted by atomic mass is 9.96. The monoisotopic (exact) mass is 484 g/mol. The molecule has 34 heavy (non-hydrogen) atoms. The highest BCUT2D eigenvalue weighted by Gasteiger charge is 2.29. The van der Waals surface area contributed by atoms with Gasteiger partial charge in [0.05, 0.1) is 4.90 Å². The standard InChI is InChI=1S/C26H32N2O5S/c1-20-9-13-22-7-3-4-8-24(22)28(20)25(29)19-33-26(30)16-12-21-10-14-23(15-11-21)34(31,32)27-17-5-2-6-18-27/h3-4,7-8,10-11,14-15,20H,2,5-6,9,12-13,16-19H2,1H3. The fourth-order valence-corrected chi connectivity index (χ4v) is 6.20. The topological polar surface area (TPSA) is 84.0 Å². The number of sulfonamides is 1. The van der Waals surface area contributed by atoms with Gasteiger partial charge in [-0.1, -0.05) is 36.8 Å². The largest absolute Gasteiger partial charge is 0.456 e. The molecule has 1 saturated heterocycles. The predicted molar refractivity (Wildman–Crippen MR) is 130 cm³/mol. The fourth-order valence-electron chi connectivity index (χ4n) is 4.68. The van der Waals surface area contributed by atoms with Gasteiger partial charge in [0.1, 0.15) is 0 Å². The third kappa shape index (κ3) is 5.50. The third-order valence-electron chi connectivity index (χ3n) is 6.64. The summed E-state index contributed by atoms with van der Waals surface area (Å²) in [6.07, 6.45) is 5.20. The van der Waals surface area contributed by atoms with E-state index in [1.54, 1.807) is 33.5 Å². The van der Waals surface area contributed by atoms with Gasteiger partial charge in [0.25, 0.3) is 5.91 Å². The van der Waals surface area contributed by atoms with E-state index in [1.807, 2.05) is 31.2 Å². The van der Waals surface area contributed by atoms with E-state index in [0.29, 0.717) is 19.5 Å². The van der Waals surface area contributed by atoms with Crippen molar-refractivity contribution in [2.45, 2.75) is 62.8 Å². The summed E-state index contributed by atoms with van der Waals surface area (Å²) in [6, 6.07) is 14.6. The van der Waals surface area contributed by atoms with Crippen molar-refractivity contribution >= 4 is 27.6 Å². The molecule has 1 atom stereocenters. The summed E-state index contributed by atoms with van der Waals surface area (Å²) in [5, 5.41) is 0. The maximum atomic E-state index is 12.8. The second-order valence-corrected chi connectivity index (χ2v) is 11.0. The summed E-state index contributed by atoms with van der Waals surface area (Å²) in [4.78, 5) is 27.1. The van der Waals surface area contributed by atoms with E-state index in [-0.39, 0.29) is 29.9 Å². The molecule has 2 aliphatic heterocycles. The summed E-state index contributed by atoms with van der Waals surface area (Å²) in [5.74, 6) is -0.670. The zero-order valence-electron chi connectivity index (χ0n) is 19.6. The highest BCUT2D eigenvalue weighted by Crippen LogP contribution is 2.30. The summed E-state index contributed by atoms with van der Waals surface area (Å²) >= 11 is 0. The number of ether oxygens (including phenoxy) is 1. The van der Waals surface area contributed by atoms with Gasteiger partial charge in [-0.3, -0.25) is 9.59 Å². The van der Waals surface area contributed by atoms with Crippen molar-refractivity contribution in [2.24, 2.45) is 0 Å². The van der Waals surface area contributed by atoms with Gasteiger partial charge in [-0.05, 0) is 68.4 Å². The van der Waals surface area contributed by atoms with Crippen LogP contribution in [0.25, 0.3) is 0 Å². The number of esters is 1. The van der Waals surface area contributed by atoms with Gasteiger partial charge in [-0.2, -0.15) is 4.31 Å². The molecule has 2 aromatic carbocycles. The summed E-state index contributed by atoms with van der Waals surface area (Å²) in [5.41, 5.74) is 2.87. The summed E-state index contributed by atoms with van der Waals surface area (Å²) in [6.45, 7) is 2.85. The van der Waals surface area contributed by atoms with E-state index in [0.717, 1.165) is 48.9 Å². The molecule has 0 saturated carbocycles. The van der Waals surface area contributed by atoms with Crippen LogP contribution < -0.4 is 4.90 Å². The third-order valence-corrected chi connectivity index (χ3v) is 8.56. The fraction of sp³-hybridized carbons (Fsp3) is 0.462. The molecule has 0 aromatic heterocycles. The number of para-hydroxylation sites is 1. The number of aryl methyl sites for hydroxylation is 2. The quantitative estimate of drug-likeness (QED) is 0.560. The Morgan fingerprint density at radius 2 is 1.71 bits per heavy atom. The van der Waals surface area contributed by atoms with E-state index in [1.165, 1.54) is 0 Å². The Hall–Kier alpha value is -2.71. The van der Waals surface area contributed by atoms with E-state index < -0.39 is 16.0 Å². The molecular formula is C26H32N2O5S. The highest BCUT2D eigenvalue weighted by atomic mass is 32.2. The first kappa shape index (κ1) is 24.4. The van der Waals surface area contributed by atoms with Gasteiger partial charge in [0.2, 0.25) is 10.0 Å². The van der Waals surface area contributed by atoms with Crippen LogP contribution in [0.1, 0.15) is 50.2 Å². The number of anilines is 1. The van der Waals surface area contributed by atoms with Crippen LogP contribution in [-0.4, -0.2) is 50.3 Å². The van der Waals surface area contributed by atoms with Gasteiger partial charge in [-0.15, -0.1) is 0 Å². The van der Waals surface area contributed by atoms with Crippen LogP contribution in [0.5, 0.6) is 0 Å². The second-order valence-electron chi connectivity index (χ2n) is 9.05. The number of nitrogens with zero attached hydrogens (tertiary/aromatic N) is 2. The molecule has 4 rings (SSSR count). The van der Waals surface area contributed by atoms with E-state index >= 15 is 0 Å². The number of amides is 1. The lowest BCUT2D eigenvalue weighted by Gasteiger charge is -2.35. The van der Waals surface area contributed by atoms with Crippen LogP contribution in [0.4, 0.5) is 5.69 Å². The molecular weight excluding hydrogens is 452 g/mol. The van der Waals surface area contributed by atoms with E-state index in [4.69, 9.17) is 4.74 Å². The molecule has 0 N–H and O–H groups in total. The highest BCUT2D eigenvalue weighted by molar-refractivity contribution is 7.89. The van der Waals surface area contributed by atoms with Crippen LogP contribution in [-0.2, 0) is 37.2 Å². The molecule has 182 valence electrons. The summed E-state index contributed by atoms with van der Waals surface area (Å²) < 4.78 is 32.3. The van der Waals surface area contributed by atoms with Gasteiger partial charge >= 0.3 is 5.97 Å². The lowest BCUT2D eigenvalue weighted by molar-refractivity contribution is -0.147. The van der Waals surface area contributed by atoms with Crippen molar-refractivity contribution in [3.63, 3.8) is 0 Å². The number of benzene rings is 2. The first-order valence-electron chi connectivity index (χ1n) is 12.0. The number of hydrogen-bond acceptors (Lipinski definition) is 5. The molecule has 8 heteroatoms. The van der Waals surface area contributed by atoms with Crippen molar-refractivity contribution < 1.29 is 22.7 Å². The molecule has 0 radical (unpaired) electrons. The minimum Gasteiger partial charge on any atom is -0.456 e.